The summed E-state index contributed by atoms with van der Waals surface area (Å²) >= 11 is 3.38. The number of halogens is 1. The number of hydrogen-bond acceptors (Lipinski definition) is 2. The van der Waals surface area contributed by atoms with E-state index in [9.17, 15) is 0 Å². The molecule has 1 aromatic carbocycles. The molecule has 0 heterocycles. The molecule has 0 spiro atoms. The average Bonchev–Trinajstić information content (AvgIpc) is 2.16. The van der Waals surface area contributed by atoms with Gasteiger partial charge >= 0.3 is 0 Å². The van der Waals surface area contributed by atoms with Gasteiger partial charge in [0.15, 0.2) is 0 Å². The standard InChI is InChI=1S/C10H14BrNO/c1-2-13-10(7-12)8-3-5-9(11)6-4-8/h3-6,10H,2,7,12H2,1H3. The molecule has 0 aromatic heterocycles. The van der Waals surface area contributed by atoms with Crippen molar-refractivity contribution >= 4 is 15.9 Å². The Bertz CT molecular complexity index is 248. The lowest BCUT2D eigenvalue weighted by Gasteiger charge is -2.14. The average molecular weight is 244 g/mol. The van der Waals surface area contributed by atoms with Gasteiger partial charge in [-0.25, -0.2) is 0 Å². The molecular formula is C10H14BrNO. The monoisotopic (exact) mass is 243 g/mol. The summed E-state index contributed by atoms with van der Waals surface area (Å²) in [7, 11) is 0. The molecule has 0 saturated heterocycles. The van der Waals surface area contributed by atoms with Crippen molar-refractivity contribution in [1.29, 1.82) is 0 Å². The Morgan fingerprint density at radius 2 is 2.00 bits per heavy atom. The van der Waals surface area contributed by atoms with Crippen molar-refractivity contribution in [3.63, 3.8) is 0 Å². The third kappa shape index (κ3) is 3.10. The van der Waals surface area contributed by atoms with E-state index < -0.39 is 0 Å². The van der Waals surface area contributed by atoms with Crippen LogP contribution in [0.15, 0.2) is 28.7 Å². The summed E-state index contributed by atoms with van der Waals surface area (Å²) in [6.45, 7) is 3.19. The van der Waals surface area contributed by atoms with Crippen molar-refractivity contribution in [2.75, 3.05) is 13.2 Å². The van der Waals surface area contributed by atoms with Crippen LogP contribution in [0.3, 0.4) is 0 Å². The van der Waals surface area contributed by atoms with E-state index in [1.54, 1.807) is 0 Å². The highest BCUT2D eigenvalue weighted by Gasteiger charge is 2.07. The van der Waals surface area contributed by atoms with Crippen LogP contribution in [0.4, 0.5) is 0 Å². The van der Waals surface area contributed by atoms with Crippen molar-refractivity contribution in [1.82, 2.24) is 0 Å². The molecule has 3 heteroatoms. The molecule has 0 amide bonds. The summed E-state index contributed by atoms with van der Waals surface area (Å²) in [6, 6.07) is 8.04. The zero-order valence-corrected chi connectivity index (χ0v) is 9.25. The van der Waals surface area contributed by atoms with Gasteiger partial charge in [0.2, 0.25) is 0 Å². The Morgan fingerprint density at radius 3 is 2.46 bits per heavy atom. The number of benzene rings is 1. The van der Waals surface area contributed by atoms with Gasteiger partial charge in [-0.1, -0.05) is 28.1 Å². The maximum Gasteiger partial charge on any atom is 0.0946 e. The second-order valence-corrected chi connectivity index (χ2v) is 3.65. The molecule has 2 N–H and O–H groups in total. The Hall–Kier alpha value is -0.380. The highest BCUT2D eigenvalue weighted by atomic mass is 79.9. The second-order valence-electron chi connectivity index (χ2n) is 2.73. The van der Waals surface area contributed by atoms with Gasteiger partial charge in [0.25, 0.3) is 0 Å². The van der Waals surface area contributed by atoms with Crippen molar-refractivity contribution in [2.24, 2.45) is 5.73 Å². The fourth-order valence-electron chi connectivity index (χ4n) is 1.18. The predicted molar refractivity (Wildman–Crippen MR) is 57.6 cm³/mol. The van der Waals surface area contributed by atoms with Crippen LogP contribution in [-0.2, 0) is 4.74 Å². The predicted octanol–water partition coefficient (Wildman–Crippen LogP) is 2.49. The summed E-state index contributed by atoms with van der Waals surface area (Å²) in [5.41, 5.74) is 6.72. The SMILES string of the molecule is CCOC(CN)c1ccc(Br)cc1. The lowest BCUT2D eigenvalue weighted by Crippen LogP contribution is -2.15. The van der Waals surface area contributed by atoms with Gasteiger partial charge in [-0.3, -0.25) is 0 Å². The second kappa shape index (κ2) is 5.37. The number of rotatable bonds is 4. The van der Waals surface area contributed by atoms with E-state index in [2.05, 4.69) is 15.9 Å². The Morgan fingerprint density at radius 1 is 1.38 bits per heavy atom. The summed E-state index contributed by atoms with van der Waals surface area (Å²) in [6.07, 6.45) is 0.0260. The maximum absolute atomic E-state index is 5.59. The smallest absolute Gasteiger partial charge is 0.0946 e. The normalized spacial score (nSPS) is 12.8. The van der Waals surface area contributed by atoms with Gasteiger partial charge in [0, 0.05) is 17.6 Å². The molecule has 72 valence electrons. The summed E-state index contributed by atoms with van der Waals surface area (Å²) in [5.74, 6) is 0. The molecule has 1 rings (SSSR count). The third-order valence-corrected chi connectivity index (χ3v) is 2.35. The molecular weight excluding hydrogens is 230 g/mol. The van der Waals surface area contributed by atoms with Crippen molar-refractivity contribution in [3.8, 4) is 0 Å². The molecule has 0 aliphatic rings. The molecule has 2 nitrogen and oxygen atoms in total. The molecule has 1 unspecified atom stereocenters. The van der Waals surface area contributed by atoms with Crippen LogP contribution in [0, 0.1) is 0 Å². The topological polar surface area (TPSA) is 35.2 Å². The van der Waals surface area contributed by atoms with E-state index in [-0.39, 0.29) is 6.10 Å². The molecule has 0 bridgehead atoms. The highest BCUT2D eigenvalue weighted by molar-refractivity contribution is 9.10. The Labute approximate surface area is 87.2 Å². The van der Waals surface area contributed by atoms with Crippen molar-refractivity contribution in [2.45, 2.75) is 13.0 Å². The molecule has 1 atom stereocenters. The zero-order valence-electron chi connectivity index (χ0n) is 7.66. The van der Waals surface area contributed by atoms with Gasteiger partial charge in [0.1, 0.15) is 0 Å². The zero-order chi connectivity index (χ0) is 9.68. The minimum absolute atomic E-state index is 0.0260. The van der Waals surface area contributed by atoms with E-state index >= 15 is 0 Å². The summed E-state index contributed by atoms with van der Waals surface area (Å²) in [4.78, 5) is 0. The van der Waals surface area contributed by atoms with Gasteiger partial charge in [-0.05, 0) is 24.6 Å². The largest absolute Gasteiger partial charge is 0.372 e. The first-order valence-corrected chi connectivity index (χ1v) is 5.14. The van der Waals surface area contributed by atoms with E-state index in [1.807, 2.05) is 31.2 Å². The van der Waals surface area contributed by atoms with Crippen molar-refractivity contribution in [3.05, 3.63) is 34.3 Å². The Kier molecular flexibility index (Phi) is 4.42. The van der Waals surface area contributed by atoms with Gasteiger partial charge in [-0.15, -0.1) is 0 Å². The first-order valence-electron chi connectivity index (χ1n) is 4.35. The first-order chi connectivity index (χ1) is 6.27. The van der Waals surface area contributed by atoms with Crippen LogP contribution in [0.5, 0.6) is 0 Å². The van der Waals surface area contributed by atoms with Crippen LogP contribution < -0.4 is 5.73 Å². The summed E-state index contributed by atoms with van der Waals surface area (Å²) < 4.78 is 6.55. The highest BCUT2D eigenvalue weighted by Crippen LogP contribution is 2.18. The van der Waals surface area contributed by atoms with Crippen LogP contribution >= 0.6 is 15.9 Å². The van der Waals surface area contributed by atoms with E-state index in [1.165, 1.54) is 0 Å². The van der Waals surface area contributed by atoms with E-state index in [0.717, 1.165) is 10.0 Å². The van der Waals surface area contributed by atoms with Crippen molar-refractivity contribution < 1.29 is 4.74 Å². The number of nitrogens with two attached hydrogens (primary N) is 1. The fraction of sp³-hybridized carbons (Fsp3) is 0.400. The lowest BCUT2D eigenvalue weighted by atomic mass is 10.1. The first kappa shape index (κ1) is 10.7. The van der Waals surface area contributed by atoms with Crippen LogP contribution in [-0.4, -0.2) is 13.2 Å². The lowest BCUT2D eigenvalue weighted by molar-refractivity contribution is 0.0688. The minimum atomic E-state index is 0.0260. The van der Waals surface area contributed by atoms with Crippen LogP contribution in [0.1, 0.15) is 18.6 Å². The fourth-order valence-corrected chi connectivity index (χ4v) is 1.44. The van der Waals surface area contributed by atoms with Gasteiger partial charge in [-0.2, -0.15) is 0 Å². The summed E-state index contributed by atoms with van der Waals surface area (Å²) in [5, 5.41) is 0. The molecule has 0 radical (unpaired) electrons. The molecule has 0 aliphatic carbocycles. The molecule has 1 aromatic rings. The van der Waals surface area contributed by atoms with Gasteiger partial charge in [0.05, 0.1) is 6.10 Å². The van der Waals surface area contributed by atoms with Crippen LogP contribution in [0.25, 0.3) is 0 Å². The molecule has 0 fully saturated rings. The number of ether oxygens (including phenoxy) is 1. The minimum Gasteiger partial charge on any atom is -0.372 e. The molecule has 0 saturated carbocycles. The number of hydrogen-bond donors (Lipinski definition) is 1. The quantitative estimate of drug-likeness (QED) is 0.883. The van der Waals surface area contributed by atoms with E-state index in [0.29, 0.717) is 13.2 Å². The van der Waals surface area contributed by atoms with Crippen LogP contribution in [0.2, 0.25) is 0 Å². The molecule has 13 heavy (non-hydrogen) atoms. The third-order valence-electron chi connectivity index (χ3n) is 1.82. The molecule has 0 aliphatic heterocycles. The van der Waals surface area contributed by atoms with E-state index in [4.69, 9.17) is 10.5 Å². The van der Waals surface area contributed by atoms with Gasteiger partial charge < -0.3 is 10.5 Å². The maximum atomic E-state index is 5.59. The Balaban J connectivity index is 2.73.